The Morgan fingerprint density at radius 3 is 2.20 bits per heavy atom. The first-order valence-corrected chi connectivity index (χ1v) is 7.23. The van der Waals surface area contributed by atoms with Crippen molar-refractivity contribution in [1.82, 2.24) is 5.32 Å². The van der Waals surface area contributed by atoms with Crippen molar-refractivity contribution in [2.24, 2.45) is 17.8 Å². The van der Waals surface area contributed by atoms with Crippen molar-refractivity contribution in [2.75, 3.05) is 6.54 Å². The van der Waals surface area contributed by atoms with E-state index in [1.54, 1.807) is 0 Å². The van der Waals surface area contributed by atoms with Crippen LogP contribution in [0.4, 0.5) is 13.2 Å². The van der Waals surface area contributed by atoms with Crippen LogP contribution >= 0.6 is 0 Å². The fourth-order valence-corrected chi connectivity index (χ4v) is 2.77. The lowest BCUT2D eigenvalue weighted by molar-refractivity contribution is -0.182. The lowest BCUT2D eigenvalue weighted by Gasteiger charge is -2.31. The quantitative estimate of drug-likeness (QED) is 0.789. The first kappa shape index (κ1) is 17.3. The third kappa shape index (κ3) is 5.69. The Hall–Kier alpha value is -0.780. The summed E-state index contributed by atoms with van der Waals surface area (Å²) >= 11 is 0. The Bertz CT molecular complexity index is 310. The van der Waals surface area contributed by atoms with Crippen molar-refractivity contribution in [2.45, 2.75) is 58.2 Å². The lowest BCUT2D eigenvalue weighted by atomic mass is 9.85. The minimum absolute atomic E-state index is 0.0163. The molecule has 3 nitrogen and oxygen atoms in total. The maximum atomic E-state index is 12.5. The van der Waals surface area contributed by atoms with Crippen molar-refractivity contribution in [3.05, 3.63) is 0 Å². The normalized spacial score (nSPS) is 25.7. The van der Waals surface area contributed by atoms with Gasteiger partial charge in [-0.05, 0) is 38.0 Å². The number of alkyl halides is 3. The summed E-state index contributed by atoms with van der Waals surface area (Å²) in [4.78, 5) is 11.1. The molecule has 6 heteroatoms. The lowest BCUT2D eigenvalue weighted by Crippen LogP contribution is -2.40. The molecule has 1 rings (SSSR count). The van der Waals surface area contributed by atoms with E-state index in [1.165, 1.54) is 0 Å². The third-order valence-corrected chi connectivity index (χ3v) is 3.95. The first-order chi connectivity index (χ1) is 9.20. The SMILES string of the molecule is CC(C)CC(CNC1CCC(C(F)(F)F)CC1)C(=O)O. The molecule has 0 aromatic carbocycles. The van der Waals surface area contributed by atoms with Crippen molar-refractivity contribution in [3.8, 4) is 0 Å². The second-order valence-corrected chi connectivity index (χ2v) is 6.16. The second kappa shape index (κ2) is 7.29. The van der Waals surface area contributed by atoms with Gasteiger partial charge in [0.2, 0.25) is 0 Å². The van der Waals surface area contributed by atoms with Gasteiger partial charge in [0.05, 0.1) is 11.8 Å². The fourth-order valence-electron chi connectivity index (χ4n) is 2.77. The first-order valence-electron chi connectivity index (χ1n) is 7.23. The summed E-state index contributed by atoms with van der Waals surface area (Å²) in [5, 5.41) is 12.2. The van der Waals surface area contributed by atoms with Crippen LogP contribution in [0.5, 0.6) is 0 Å². The number of nitrogens with one attached hydrogen (secondary N) is 1. The average Bonchev–Trinajstić information content (AvgIpc) is 2.33. The Labute approximate surface area is 117 Å². The summed E-state index contributed by atoms with van der Waals surface area (Å²) in [6, 6.07) is 0.0163. The minimum atomic E-state index is -4.09. The Morgan fingerprint density at radius 1 is 1.25 bits per heavy atom. The van der Waals surface area contributed by atoms with Crippen molar-refractivity contribution in [3.63, 3.8) is 0 Å². The molecule has 1 atom stereocenters. The van der Waals surface area contributed by atoms with Crippen LogP contribution in [0.2, 0.25) is 0 Å². The van der Waals surface area contributed by atoms with Gasteiger partial charge in [-0.15, -0.1) is 0 Å². The van der Waals surface area contributed by atoms with Gasteiger partial charge in [-0.2, -0.15) is 13.2 Å². The smallest absolute Gasteiger partial charge is 0.391 e. The summed E-state index contributed by atoms with van der Waals surface area (Å²) in [5.41, 5.74) is 0. The zero-order chi connectivity index (χ0) is 15.3. The molecule has 0 radical (unpaired) electrons. The number of carbonyl (C=O) groups is 1. The predicted octanol–water partition coefficient (Wildman–Crippen LogP) is 3.44. The fraction of sp³-hybridized carbons (Fsp3) is 0.929. The molecule has 20 heavy (non-hydrogen) atoms. The van der Waals surface area contributed by atoms with Crippen LogP contribution in [-0.2, 0) is 4.79 Å². The van der Waals surface area contributed by atoms with Crippen LogP contribution in [0.25, 0.3) is 0 Å². The highest BCUT2D eigenvalue weighted by atomic mass is 19.4. The number of carboxylic acid groups (broad SMARTS) is 1. The average molecular weight is 295 g/mol. The van der Waals surface area contributed by atoms with Gasteiger partial charge in [-0.1, -0.05) is 13.8 Å². The van der Waals surface area contributed by atoms with Crippen molar-refractivity contribution in [1.29, 1.82) is 0 Å². The molecule has 1 saturated carbocycles. The van der Waals surface area contributed by atoms with Crippen molar-refractivity contribution >= 4 is 5.97 Å². The molecule has 0 aromatic rings. The maximum Gasteiger partial charge on any atom is 0.391 e. The molecule has 118 valence electrons. The number of rotatable bonds is 6. The van der Waals surface area contributed by atoms with Crippen LogP contribution in [0.3, 0.4) is 0 Å². The van der Waals surface area contributed by atoms with Gasteiger partial charge in [0.25, 0.3) is 0 Å². The topological polar surface area (TPSA) is 49.3 Å². The molecule has 0 bridgehead atoms. The molecular formula is C14H24F3NO2. The standard InChI is InChI=1S/C14H24F3NO2/c1-9(2)7-10(13(19)20)8-18-12-5-3-11(4-6-12)14(15,16)17/h9-12,18H,3-8H2,1-2H3,(H,19,20). The van der Waals surface area contributed by atoms with Gasteiger partial charge in [-0.25, -0.2) is 0 Å². The number of hydrogen-bond donors (Lipinski definition) is 2. The monoisotopic (exact) mass is 295 g/mol. The molecule has 1 aliphatic carbocycles. The summed E-state index contributed by atoms with van der Waals surface area (Å²) in [7, 11) is 0. The van der Waals surface area contributed by atoms with Gasteiger partial charge in [-0.3, -0.25) is 4.79 Å². The van der Waals surface area contributed by atoms with E-state index in [-0.39, 0.29) is 18.9 Å². The van der Waals surface area contributed by atoms with Gasteiger partial charge >= 0.3 is 12.1 Å². The highest BCUT2D eigenvalue weighted by Gasteiger charge is 2.41. The van der Waals surface area contributed by atoms with E-state index >= 15 is 0 Å². The molecule has 0 aliphatic heterocycles. The zero-order valence-electron chi connectivity index (χ0n) is 12.0. The van der Waals surface area contributed by atoms with Crippen LogP contribution in [-0.4, -0.2) is 29.8 Å². The van der Waals surface area contributed by atoms with Gasteiger partial charge in [0.1, 0.15) is 0 Å². The van der Waals surface area contributed by atoms with E-state index in [0.717, 1.165) is 0 Å². The van der Waals surface area contributed by atoms with Crippen LogP contribution in [0.15, 0.2) is 0 Å². The highest BCUT2D eigenvalue weighted by Crippen LogP contribution is 2.37. The predicted molar refractivity (Wildman–Crippen MR) is 70.4 cm³/mol. The summed E-state index contributed by atoms with van der Waals surface area (Å²) in [6.07, 6.45) is -2.28. The molecular weight excluding hydrogens is 271 g/mol. The van der Waals surface area contributed by atoms with Crippen LogP contribution in [0, 0.1) is 17.8 Å². The van der Waals surface area contributed by atoms with E-state index < -0.39 is 24.0 Å². The molecule has 0 spiro atoms. The summed E-state index contributed by atoms with van der Waals surface area (Å²) in [5.74, 6) is -2.20. The molecule has 1 unspecified atom stereocenters. The Kier molecular flexibility index (Phi) is 6.30. The largest absolute Gasteiger partial charge is 0.481 e. The van der Waals surface area contributed by atoms with E-state index in [4.69, 9.17) is 5.11 Å². The van der Waals surface area contributed by atoms with E-state index in [0.29, 0.717) is 31.7 Å². The third-order valence-electron chi connectivity index (χ3n) is 3.95. The number of carboxylic acids is 1. The number of hydrogen-bond acceptors (Lipinski definition) is 2. The zero-order valence-corrected chi connectivity index (χ0v) is 12.0. The minimum Gasteiger partial charge on any atom is -0.481 e. The maximum absolute atomic E-state index is 12.5. The van der Waals surface area contributed by atoms with Crippen LogP contribution in [0.1, 0.15) is 46.0 Å². The van der Waals surface area contributed by atoms with Crippen molar-refractivity contribution < 1.29 is 23.1 Å². The molecule has 1 aliphatic rings. The Morgan fingerprint density at radius 2 is 1.80 bits per heavy atom. The van der Waals surface area contributed by atoms with Gasteiger partial charge < -0.3 is 10.4 Å². The number of halogens is 3. The summed E-state index contributed by atoms with van der Waals surface area (Å²) in [6.45, 7) is 4.27. The second-order valence-electron chi connectivity index (χ2n) is 6.16. The molecule has 0 aromatic heterocycles. The molecule has 1 fully saturated rings. The van der Waals surface area contributed by atoms with E-state index in [2.05, 4.69) is 5.32 Å². The molecule has 0 heterocycles. The Balaban J connectivity index is 2.34. The van der Waals surface area contributed by atoms with E-state index in [9.17, 15) is 18.0 Å². The van der Waals surface area contributed by atoms with Gasteiger partial charge in [0.15, 0.2) is 0 Å². The highest BCUT2D eigenvalue weighted by molar-refractivity contribution is 5.70. The van der Waals surface area contributed by atoms with E-state index in [1.807, 2.05) is 13.8 Å². The number of aliphatic carboxylic acids is 1. The molecule has 2 N–H and O–H groups in total. The van der Waals surface area contributed by atoms with Gasteiger partial charge in [0, 0.05) is 12.6 Å². The summed E-state index contributed by atoms with van der Waals surface area (Å²) < 4.78 is 37.6. The van der Waals surface area contributed by atoms with Crippen LogP contribution < -0.4 is 5.32 Å². The molecule has 0 saturated heterocycles. The molecule has 0 amide bonds.